The highest BCUT2D eigenvalue weighted by atomic mass is 16.2. The van der Waals surface area contributed by atoms with E-state index in [1.807, 2.05) is 6.07 Å². The highest BCUT2D eigenvalue weighted by Crippen LogP contribution is 2.19. The number of nitrogens with zero attached hydrogens (tertiary/aromatic N) is 1. The van der Waals surface area contributed by atoms with Gasteiger partial charge in [0.2, 0.25) is 11.8 Å². The lowest BCUT2D eigenvalue weighted by molar-refractivity contribution is -0.131. The van der Waals surface area contributed by atoms with E-state index in [1.165, 1.54) is 6.92 Å². The van der Waals surface area contributed by atoms with Crippen LogP contribution in [0.2, 0.25) is 0 Å². The molecule has 0 radical (unpaired) electrons. The van der Waals surface area contributed by atoms with Gasteiger partial charge in [0.1, 0.15) is 0 Å². The van der Waals surface area contributed by atoms with Crippen molar-refractivity contribution in [3.05, 3.63) is 29.3 Å². The van der Waals surface area contributed by atoms with E-state index in [2.05, 4.69) is 10.6 Å². The largest absolute Gasteiger partial charge is 0.375 e. The second-order valence-electron chi connectivity index (χ2n) is 6.09. The molecule has 0 spiro atoms. The average Bonchev–Trinajstić information content (AvgIpc) is 2.51. The summed E-state index contributed by atoms with van der Waals surface area (Å²) in [5, 5.41) is 5.87. The van der Waals surface area contributed by atoms with E-state index in [-0.39, 0.29) is 24.4 Å². The monoisotopic (exact) mass is 332 g/mol. The van der Waals surface area contributed by atoms with E-state index in [0.29, 0.717) is 24.3 Å². The Labute approximate surface area is 141 Å². The molecule has 1 atom stereocenters. The molecular formula is C17H24N4O3. The molecule has 1 aromatic rings. The van der Waals surface area contributed by atoms with Gasteiger partial charge in [-0.1, -0.05) is 12.1 Å². The second kappa shape index (κ2) is 7.81. The zero-order valence-corrected chi connectivity index (χ0v) is 14.1. The van der Waals surface area contributed by atoms with E-state index in [4.69, 9.17) is 5.73 Å². The van der Waals surface area contributed by atoms with Gasteiger partial charge in [-0.2, -0.15) is 0 Å². The molecular weight excluding hydrogens is 308 g/mol. The average molecular weight is 332 g/mol. The number of hydrogen-bond acceptors (Lipinski definition) is 4. The molecule has 0 saturated carbocycles. The molecule has 4 N–H and O–H groups in total. The summed E-state index contributed by atoms with van der Waals surface area (Å²) < 4.78 is 0. The molecule has 1 heterocycles. The minimum absolute atomic E-state index is 0.000324. The Kier molecular flexibility index (Phi) is 5.78. The van der Waals surface area contributed by atoms with Gasteiger partial charge in [0, 0.05) is 31.7 Å². The van der Waals surface area contributed by atoms with E-state index in [9.17, 15) is 14.4 Å². The molecule has 130 valence electrons. The van der Waals surface area contributed by atoms with Crippen molar-refractivity contribution in [2.45, 2.75) is 32.7 Å². The van der Waals surface area contributed by atoms with E-state index in [0.717, 1.165) is 18.4 Å². The number of carbonyl (C=O) groups excluding carboxylic acids is 3. The molecule has 1 saturated heterocycles. The maximum Gasteiger partial charge on any atom is 0.251 e. The summed E-state index contributed by atoms with van der Waals surface area (Å²) in [7, 11) is 0. The molecule has 3 amide bonds. The predicted molar refractivity (Wildman–Crippen MR) is 91.6 cm³/mol. The fourth-order valence-electron chi connectivity index (χ4n) is 3.03. The van der Waals surface area contributed by atoms with Gasteiger partial charge < -0.3 is 21.3 Å². The van der Waals surface area contributed by atoms with Gasteiger partial charge in [0.15, 0.2) is 0 Å². The van der Waals surface area contributed by atoms with Crippen LogP contribution in [0.4, 0.5) is 5.69 Å². The summed E-state index contributed by atoms with van der Waals surface area (Å²) in [6.07, 6.45) is 1.73. The molecule has 0 bridgehead atoms. The summed E-state index contributed by atoms with van der Waals surface area (Å²) in [6, 6.07) is 5.34. The van der Waals surface area contributed by atoms with Crippen LogP contribution >= 0.6 is 0 Å². The lowest BCUT2D eigenvalue weighted by Crippen LogP contribution is -2.50. The fourth-order valence-corrected chi connectivity index (χ4v) is 3.03. The Bertz CT molecular complexity index is 645. The highest BCUT2D eigenvalue weighted by Gasteiger charge is 2.24. The number of rotatable bonds is 5. The molecule has 1 aromatic carbocycles. The van der Waals surface area contributed by atoms with Gasteiger partial charge in [0.05, 0.1) is 12.1 Å². The van der Waals surface area contributed by atoms with E-state index < -0.39 is 5.91 Å². The molecule has 1 aliphatic heterocycles. The van der Waals surface area contributed by atoms with E-state index in [1.54, 1.807) is 24.0 Å². The molecule has 7 heteroatoms. The Morgan fingerprint density at radius 3 is 2.75 bits per heavy atom. The fraction of sp³-hybridized carbons (Fsp3) is 0.471. The molecule has 1 aliphatic rings. The number of hydrogen-bond donors (Lipinski definition) is 3. The first-order valence-corrected chi connectivity index (χ1v) is 8.06. The summed E-state index contributed by atoms with van der Waals surface area (Å²) in [5.41, 5.74) is 7.15. The number of amides is 3. The maximum atomic E-state index is 12.4. The third kappa shape index (κ3) is 4.47. The predicted octanol–water partition coefficient (Wildman–Crippen LogP) is 0.633. The Balaban J connectivity index is 1.97. The van der Waals surface area contributed by atoms with Crippen molar-refractivity contribution in [2.75, 3.05) is 25.0 Å². The van der Waals surface area contributed by atoms with Crippen LogP contribution in [0.5, 0.6) is 0 Å². The zero-order chi connectivity index (χ0) is 17.7. The summed E-state index contributed by atoms with van der Waals surface area (Å²) in [6.45, 7) is 4.54. The number of aryl methyl sites for hydroxylation is 1. The topological polar surface area (TPSA) is 105 Å². The molecule has 24 heavy (non-hydrogen) atoms. The quantitative estimate of drug-likeness (QED) is 0.735. The van der Waals surface area contributed by atoms with Gasteiger partial charge in [-0.05, 0) is 31.4 Å². The van der Waals surface area contributed by atoms with Gasteiger partial charge in [-0.3, -0.25) is 14.4 Å². The molecule has 7 nitrogen and oxygen atoms in total. The number of carbonyl (C=O) groups is 3. The summed E-state index contributed by atoms with van der Waals surface area (Å²) in [5.74, 6) is -0.674. The normalized spacial score (nSPS) is 17.2. The standard InChI is InChI=1S/C17H24N4O3/c1-11-5-3-7-14(16(11)17(18)24)19-9-15(23)21-8-4-6-13(10-21)20-12(2)22/h3,5,7,13,19H,4,6,8-10H2,1-2H3,(H2,18,24)(H,20,22). The molecule has 0 aromatic heterocycles. The van der Waals surface area contributed by atoms with Crippen LogP contribution in [0.3, 0.4) is 0 Å². The number of anilines is 1. The maximum absolute atomic E-state index is 12.4. The van der Waals surface area contributed by atoms with E-state index >= 15 is 0 Å². The number of likely N-dealkylation sites (tertiary alicyclic amines) is 1. The number of piperidine rings is 1. The van der Waals surface area contributed by atoms with Crippen LogP contribution in [0, 0.1) is 6.92 Å². The third-order valence-electron chi connectivity index (χ3n) is 4.13. The van der Waals surface area contributed by atoms with Crippen LogP contribution < -0.4 is 16.4 Å². The third-order valence-corrected chi connectivity index (χ3v) is 4.13. The van der Waals surface area contributed by atoms with Crippen molar-refractivity contribution in [1.82, 2.24) is 10.2 Å². The van der Waals surface area contributed by atoms with Crippen LogP contribution in [0.1, 0.15) is 35.7 Å². The van der Waals surface area contributed by atoms with Crippen molar-refractivity contribution in [3.63, 3.8) is 0 Å². The number of nitrogens with two attached hydrogens (primary N) is 1. The highest BCUT2D eigenvalue weighted by molar-refractivity contribution is 6.00. The van der Waals surface area contributed by atoms with Crippen LogP contribution in [0.25, 0.3) is 0 Å². The number of benzene rings is 1. The number of nitrogens with one attached hydrogen (secondary N) is 2. The van der Waals surface area contributed by atoms with Gasteiger partial charge >= 0.3 is 0 Å². The summed E-state index contributed by atoms with van der Waals surface area (Å²) in [4.78, 5) is 36.9. The molecule has 1 unspecified atom stereocenters. The lowest BCUT2D eigenvalue weighted by atomic mass is 10.1. The SMILES string of the molecule is CC(=O)NC1CCCN(C(=O)CNc2cccc(C)c2C(N)=O)C1. The minimum atomic E-state index is -0.522. The van der Waals surface area contributed by atoms with Crippen LogP contribution in [-0.4, -0.2) is 48.3 Å². The van der Waals surface area contributed by atoms with Crippen LogP contribution in [-0.2, 0) is 9.59 Å². The van der Waals surface area contributed by atoms with Gasteiger partial charge in [-0.15, -0.1) is 0 Å². The minimum Gasteiger partial charge on any atom is -0.375 e. The zero-order valence-electron chi connectivity index (χ0n) is 14.1. The van der Waals surface area contributed by atoms with Crippen LogP contribution in [0.15, 0.2) is 18.2 Å². The Morgan fingerprint density at radius 1 is 1.33 bits per heavy atom. The van der Waals surface area contributed by atoms with Crippen molar-refractivity contribution in [1.29, 1.82) is 0 Å². The first kappa shape index (κ1) is 17.8. The molecule has 1 fully saturated rings. The first-order valence-electron chi connectivity index (χ1n) is 8.06. The van der Waals surface area contributed by atoms with Crippen molar-refractivity contribution < 1.29 is 14.4 Å². The Hall–Kier alpha value is -2.57. The lowest BCUT2D eigenvalue weighted by Gasteiger charge is -2.33. The molecule has 2 rings (SSSR count). The van der Waals surface area contributed by atoms with Gasteiger partial charge in [-0.25, -0.2) is 0 Å². The summed E-state index contributed by atoms with van der Waals surface area (Å²) >= 11 is 0. The van der Waals surface area contributed by atoms with Crippen molar-refractivity contribution in [3.8, 4) is 0 Å². The van der Waals surface area contributed by atoms with Gasteiger partial charge in [0.25, 0.3) is 5.91 Å². The Morgan fingerprint density at radius 2 is 2.08 bits per heavy atom. The molecule has 0 aliphatic carbocycles. The van der Waals surface area contributed by atoms with Crippen molar-refractivity contribution in [2.24, 2.45) is 5.73 Å². The number of primary amides is 1. The smallest absolute Gasteiger partial charge is 0.251 e. The van der Waals surface area contributed by atoms with Crippen molar-refractivity contribution >= 4 is 23.4 Å². The second-order valence-corrected chi connectivity index (χ2v) is 6.09. The first-order chi connectivity index (χ1) is 11.4.